The summed E-state index contributed by atoms with van der Waals surface area (Å²) in [5, 5.41) is 4.51. The van der Waals surface area contributed by atoms with Crippen LogP contribution in [0.15, 0.2) is 60.9 Å². The van der Waals surface area contributed by atoms with E-state index < -0.39 is 0 Å². The van der Waals surface area contributed by atoms with Crippen LogP contribution in [0.5, 0.6) is 5.75 Å². The summed E-state index contributed by atoms with van der Waals surface area (Å²) in [5.41, 5.74) is 9.97. The number of hydrogen-bond donors (Lipinski definition) is 2. The average Bonchev–Trinajstić information content (AvgIpc) is 3.34. The van der Waals surface area contributed by atoms with Gasteiger partial charge >= 0.3 is 0 Å². The van der Waals surface area contributed by atoms with E-state index >= 15 is 0 Å². The van der Waals surface area contributed by atoms with Crippen LogP contribution in [0.4, 0.5) is 21.6 Å². The Hall–Kier alpha value is -3.86. The molecular formula is C29H25ClFN5O. The first-order chi connectivity index (χ1) is 17.9. The number of fused-ring (bicyclic) bond motifs is 2. The molecule has 186 valence electrons. The van der Waals surface area contributed by atoms with Gasteiger partial charge in [0.25, 0.3) is 0 Å². The van der Waals surface area contributed by atoms with Crippen molar-refractivity contribution in [3.05, 3.63) is 82.9 Å². The maximum atomic E-state index is 13.4. The fraction of sp³-hybridized carbons (Fsp3) is 0.241. The molecule has 4 aromatic rings. The van der Waals surface area contributed by atoms with Gasteiger partial charge < -0.3 is 20.7 Å². The topological polar surface area (TPSA) is 76.3 Å². The fourth-order valence-electron chi connectivity index (χ4n) is 5.06. The van der Waals surface area contributed by atoms with Crippen LogP contribution in [0.3, 0.4) is 0 Å². The molecule has 1 aromatic heterocycles. The number of anilines is 3. The molecule has 0 spiro atoms. The van der Waals surface area contributed by atoms with Gasteiger partial charge in [-0.15, -0.1) is 0 Å². The molecule has 1 saturated heterocycles. The zero-order chi connectivity index (χ0) is 25.5. The maximum absolute atomic E-state index is 13.4. The van der Waals surface area contributed by atoms with E-state index in [9.17, 15) is 4.39 Å². The van der Waals surface area contributed by atoms with E-state index in [1.807, 2.05) is 18.2 Å². The molecule has 1 aliphatic heterocycles. The molecule has 0 bridgehead atoms. The van der Waals surface area contributed by atoms with Crippen LogP contribution in [0.25, 0.3) is 10.9 Å². The van der Waals surface area contributed by atoms with Gasteiger partial charge in [-0.3, -0.25) is 0 Å². The highest BCUT2D eigenvalue weighted by molar-refractivity contribution is 6.32. The molecule has 0 amide bonds. The van der Waals surface area contributed by atoms with E-state index in [0.717, 1.165) is 40.8 Å². The Labute approximate surface area is 219 Å². The van der Waals surface area contributed by atoms with Crippen molar-refractivity contribution in [2.75, 3.05) is 31.2 Å². The van der Waals surface area contributed by atoms with Crippen LogP contribution in [-0.4, -0.2) is 35.0 Å². The quantitative estimate of drug-likeness (QED) is 0.271. The summed E-state index contributed by atoms with van der Waals surface area (Å²) >= 11 is 6.46. The molecule has 37 heavy (non-hydrogen) atoms. The second kappa shape index (κ2) is 9.55. The van der Waals surface area contributed by atoms with Crippen molar-refractivity contribution in [1.29, 1.82) is 0 Å². The molecule has 0 radical (unpaired) electrons. The Balaban J connectivity index is 1.18. The van der Waals surface area contributed by atoms with Crippen LogP contribution >= 0.6 is 11.6 Å². The largest absolute Gasteiger partial charge is 0.487 e. The van der Waals surface area contributed by atoms with Gasteiger partial charge in [0.1, 0.15) is 30.3 Å². The summed E-state index contributed by atoms with van der Waals surface area (Å²) in [6.07, 6.45) is 1.51. The average molecular weight is 514 g/mol. The van der Waals surface area contributed by atoms with Crippen molar-refractivity contribution in [2.45, 2.75) is 6.61 Å². The van der Waals surface area contributed by atoms with Crippen LogP contribution in [0.1, 0.15) is 11.1 Å². The number of nitrogens with one attached hydrogen (secondary N) is 1. The predicted octanol–water partition coefficient (Wildman–Crippen LogP) is 5.49. The number of rotatable bonds is 5. The Kier molecular flexibility index (Phi) is 6.07. The van der Waals surface area contributed by atoms with Gasteiger partial charge in [0, 0.05) is 41.3 Å². The third-order valence-electron chi connectivity index (χ3n) is 7.03. The van der Waals surface area contributed by atoms with Crippen molar-refractivity contribution in [3.63, 3.8) is 0 Å². The standard InChI is InChI=1S/C29H25ClFN5O/c1-36-13-23-21(24(23)14-36)7-5-18-10-27-22(12-26(18)32)29(34-16-33-27)35-20-6-8-28(25(30)11-20)37-15-17-3-2-4-19(31)9-17/h2-4,6,8-12,16,21,23-24H,13-15,32H2,1H3,(H,33,34,35)/t21?,23-,24+. The molecule has 1 unspecified atom stereocenters. The van der Waals surface area contributed by atoms with Gasteiger partial charge in [-0.05, 0) is 66.9 Å². The molecule has 3 aromatic carbocycles. The number of benzene rings is 3. The van der Waals surface area contributed by atoms with E-state index in [0.29, 0.717) is 40.0 Å². The van der Waals surface area contributed by atoms with Crippen molar-refractivity contribution in [1.82, 2.24) is 14.9 Å². The van der Waals surface area contributed by atoms with Gasteiger partial charge in [-0.2, -0.15) is 0 Å². The molecule has 3 atom stereocenters. The highest BCUT2D eigenvalue weighted by atomic mass is 35.5. The number of piperidine rings is 1. The molecule has 6 nitrogen and oxygen atoms in total. The SMILES string of the molecule is CN1C[C@@H]2C(C#Cc3cc4ncnc(Nc5ccc(OCc6cccc(F)c6)c(Cl)c5)c4cc3N)[C@@H]2C1. The van der Waals surface area contributed by atoms with E-state index in [1.54, 1.807) is 24.3 Å². The first-order valence-electron chi connectivity index (χ1n) is 12.1. The predicted molar refractivity (Wildman–Crippen MR) is 144 cm³/mol. The van der Waals surface area contributed by atoms with Gasteiger partial charge in [0.2, 0.25) is 0 Å². The zero-order valence-corrected chi connectivity index (χ0v) is 21.0. The second-order valence-electron chi connectivity index (χ2n) is 9.71. The minimum atomic E-state index is -0.304. The highest BCUT2D eigenvalue weighted by Crippen LogP contribution is 2.50. The summed E-state index contributed by atoms with van der Waals surface area (Å²) < 4.78 is 19.2. The summed E-state index contributed by atoms with van der Waals surface area (Å²) in [4.78, 5) is 11.2. The lowest BCUT2D eigenvalue weighted by Gasteiger charge is -2.12. The number of nitrogens with zero attached hydrogens (tertiary/aromatic N) is 3. The molecule has 1 saturated carbocycles. The van der Waals surface area contributed by atoms with E-state index in [1.165, 1.54) is 18.5 Å². The Bertz CT molecular complexity index is 1550. The first-order valence-corrected chi connectivity index (χ1v) is 12.5. The normalized spacial score (nSPS) is 20.2. The smallest absolute Gasteiger partial charge is 0.141 e. The maximum Gasteiger partial charge on any atom is 0.141 e. The summed E-state index contributed by atoms with van der Waals surface area (Å²) in [5.74, 6) is 9.40. The van der Waals surface area contributed by atoms with Gasteiger partial charge in [-0.1, -0.05) is 35.6 Å². The molecule has 2 heterocycles. The summed E-state index contributed by atoms with van der Waals surface area (Å²) in [7, 11) is 2.16. The van der Waals surface area contributed by atoms with Crippen LogP contribution < -0.4 is 15.8 Å². The van der Waals surface area contributed by atoms with E-state index in [4.69, 9.17) is 22.1 Å². The molecular weight excluding hydrogens is 489 g/mol. The van der Waals surface area contributed by atoms with Crippen molar-refractivity contribution < 1.29 is 9.13 Å². The van der Waals surface area contributed by atoms with E-state index in [-0.39, 0.29) is 12.4 Å². The van der Waals surface area contributed by atoms with Crippen molar-refractivity contribution in [2.24, 2.45) is 17.8 Å². The molecule has 2 fully saturated rings. The van der Waals surface area contributed by atoms with Crippen LogP contribution in [0, 0.1) is 35.4 Å². The lowest BCUT2D eigenvalue weighted by Crippen LogP contribution is -2.18. The molecule has 8 heteroatoms. The lowest BCUT2D eigenvalue weighted by atomic mass is 10.1. The van der Waals surface area contributed by atoms with E-state index in [2.05, 4.69) is 39.1 Å². The van der Waals surface area contributed by atoms with Gasteiger partial charge in [0.05, 0.1) is 10.5 Å². The highest BCUT2D eigenvalue weighted by Gasteiger charge is 2.53. The molecule has 3 N–H and O–H groups in total. The summed E-state index contributed by atoms with van der Waals surface area (Å²) in [6.45, 7) is 2.47. The number of likely N-dealkylation sites (tertiary alicyclic amines) is 1. The second-order valence-corrected chi connectivity index (χ2v) is 10.1. The Morgan fingerprint density at radius 1 is 1.14 bits per heavy atom. The van der Waals surface area contributed by atoms with Crippen molar-refractivity contribution >= 4 is 39.7 Å². The number of halogens is 2. The fourth-order valence-corrected chi connectivity index (χ4v) is 5.30. The molecule has 1 aliphatic carbocycles. The minimum absolute atomic E-state index is 0.213. The molecule has 6 rings (SSSR count). The third kappa shape index (κ3) is 4.91. The third-order valence-corrected chi connectivity index (χ3v) is 7.33. The number of aromatic nitrogens is 2. The van der Waals surface area contributed by atoms with Crippen LogP contribution in [-0.2, 0) is 6.61 Å². The zero-order valence-electron chi connectivity index (χ0n) is 20.2. The molecule has 2 aliphatic rings. The van der Waals surface area contributed by atoms with Crippen LogP contribution in [0.2, 0.25) is 5.02 Å². The number of nitrogen functional groups attached to an aromatic ring is 1. The first kappa shape index (κ1) is 23.5. The number of hydrogen-bond acceptors (Lipinski definition) is 6. The monoisotopic (exact) mass is 513 g/mol. The Morgan fingerprint density at radius 3 is 2.76 bits per heavy atom. The number of ether oxygens (including phenoxy) is 1. The Morgan fingerprint density at radius 2 is 1.97 bits per heavy atom. The van der Waals surface area contributed by atoms with Gasteiger partial charge in [-0.25, -0.2) is 14.4 Å². The lowest BCUT2D eigenvalue weighted by molar-refractivity contribution is 0.306. The summed E-state index contributed by atoms with van der Waals surface area (Å²) in [6, 6.07) is 15.4. The minimum Gasteiger partial charge on any atom is -0.487 e. The van der Waals surface area contributed by atoms with Crippen molar-refractivity contribution in [3.8, 4) is 17.6 Å². The van der Waals surface area contributed by atoms with Gasteiger partial charge in [0.15, 0.2) is 0 Å². The number of nitrogens with two attached hydrogens (primary N) is 1.